The lowest BCUT2D eigenvalue weighted by Gasteiger charge is -2.30. The lowest BCUT2D eigenvalue weighted by atomic mass is 9.75. The molecule has 2 saturated carbocycles. The van der Waals surface area contributed by atoms with Gasteiger partial charge in [-0.2, -0.15) is 13.2 Å². The number of rotatable bonds is 3. The van der Waals surface area contributed by atoms with E-state index in [0.29, 0.717) is 11.6 Å². The molecule has 2 aliphatic rings. The number of amides is 1. The number of hydrogen-bond acceptors (Lipinski definition) is 2. The number of pyridine rings is 1. The van der Waals surface area contributed by atoms with E-state index < -0.39 is 11.7 Å². The van der Waals surface area contributed by atoms with Gasteiger partial charge < -0.3 is 5.32 Å². The molecule has 1 spiro atoms. The van der Waals surface area contributed by atoms with Crippen molar-refractivity contribution in [3.05, 3.63) is 71.7 Å². The molecule has 166 valence electrons. The van der Waals surface area contributed by atoms with Crippen molar-refractivity contribution < 1.29 is 22.4 Å². The van der Waals surface area contributed by atoms with Crippen LogP contribution in [0.1, 0.15) is 49.1 Å². The minimum absolute atomic E-state index is 0.0272. The quantitative estimate of drug-likeness (QED) is 0.459. The zero-order chi connectivity index (χ0) is 22.5. The van der Waals surface area contributed by atoms with Crippen LogP contribution in [0.5, 0.6) is 0 Å². The zero-order valence-corrected chi connectivity index (χ0v) is 17.3. The Hall–Kier alpha value is -2.96. The molecule has 1 N–H and O–H groups in total. The van der Waals surface area contributed by atoms with Gasteiger partial charge in [0.25, 0.3) is 0 Å². The highest BCUT2D eigenvalue weighted by Crippen LogP contribution is 2.63. The number of fused-ring (bicyclic) bond motifs is 1. The van der Waals surface area contributed by atoms with E-state index in [2.05, 4.69) is 10.3 Å². The second kappa shape index (κ2) is 7.57. The molecule has 2 aliphatic carbocycles. The van der Waals surface area contributed by atoms with E-state index >= 15 is 0 Å². The molecule has 1 aromatic heterocycles. The Bertz CT molecular complexity index is 1160. The van der Waals surface area contributed by atoms with Crippen molar-refractivity contribution >= 4 is 22.5 Å². The van der Waals surface area contributed by atoms with E-state index in [1.54, 1.807) is 18.3 Å². The lowest BCUT2D eigenvalue weighted by molar-refractivity contribution is -0.137. The molecule has 0 unspecified atom stereocenters. The van der Waals surface area contributed by atoms with Crippen LogP contribution in [0.25, 0.3) is 10.9 Å². The first-order chi connectivity index (χ1) is 15.2. The fourth-order valence-electron chi connectivity index (χ4n) is 5.24. The van der Waals surface area contributed by atoms with Gasteiger partial charge in [0.1, 0.15) is 5.82 Å². The Morgan fingerprint density at radius 1 is 1.03 bits per heavy atom. The van der Waals surface area contributed by atoms with Gasteiger partial charge in [-0.15, -0.1) is 0 Å². The smallest absolute Gasteiger partial charge is 0.326 e. The standard InChI is InChI=1S/C25H22F4N2O/c26-17-3-6-22-20(13-17)19(9-12-30-22)15-7-10-24(11-8-15)14-21(24)23(32)31-18-4-1-16(2-5-18)25(27,28)29/h1-6,9,12-13,15,21H,7-8,10-11,14H2,(H,31,32)/t15?,21-,24?/m1/s1. The number of hydrogen-bond donors (Lipinski definition) is 1. The van der Waals surface area contributed by atoms with Crippen LogP contribution < -0.4 is 5.32 Å². The van der Waals surface area contributed by atoms with Crippen molar-refractivity contribution in [1.29, 1.82) is 0 Å². The molecule has 0 aliphatic heterocycles. The van der Waals surface area contributed by atoms with Gasteiger partial charge in [0.2, 0.25) is 5.91 Å². The van der Waals surface area contributed by atoms with Crippen LogP contribution >= 0.6 is 0 Å². The number of nitrogens with zero attached hydrogens (tertiary/aromatic N) is 1. The lowest BCUT2D eigenvalue weighted by Crippen LogP contribution is -2.22. The molecule has 1 amide bonds. The maximum Gasteiger partial charge on any atom is 0.416 e. The molecule has 1 atom stereocenters. The summed E-state index contributed by atoms with van der Waals surface area (Å²) >= 11 is 0. The highest BCUT2D eigenvalue weighted by atomic mass is 19.4. The topological polar surface area (TPSA) is 42.0 Å². The van der Waals surface area contributed by atoms with Crippen molar-refractivity contribution in [3.63, 3.8) is 0 Å². The van der Waals surface area contributed by atoms with Crippen LogP contribution in [-0.4, -0.2) is 10.9 Å². The van der Waals surface area contributed by atoms with Gasteiger partial charge in [-0.1, -0.05) is 0 Å². The monoisotopic (exact) mass is 442 g/mol. The van der Waals surface area contributed by atoms with Crippen molar-refractivity contribution in [2.45, 2.75) is 44.2 Å². The minimum Gasteiger partial charge on any atom is -0.326 e. The van der Waals surface area contributed by atoms with Crippen molar-refractivity contribution in [2.75, 3.05) is 5.32 Å². The van der Waals surface area contributed by atoms with Crippen LogP contribution in [0.3, 0.4) is 0 Å². The average Bonchev–Trinajstić information content (AvgIpc) is 3.47. The molecular weight excluding hydrogens is 420 g/mol. The molecule has 0 bridgehead atoms. The van der Waals surface area contributed by atoms with Gasteiger partial charge in [-0.05, 0) is 97.5 Å². The first kappa shape index (κ1) is 20.9. The Morgan fingerprint density at radius 2 is 1.75 bits per heavy atom. The van der Waals surface area contributed by atoms with Gasteiger partial charge in [-0.25, -0.2) is 4.39 Å². The summed E-state index contributed by atoms with van der Waals surface area (Å²) in [5.74, 6) is -0.217. The van der Waals surface area contributed by atoms with Gasteiger partial charge in [0, 0.05) is 23.2 Å². The van der Waals surface area contributed by atoms with E-state index in [9.17, 15) is 22.4 Å². The summed E-state index contributed by atoms with van der Waals surface area (Å²) in [6.07, 6.45) is 1.81. The van der Waals surface area contributed by atoms with E-state index in [-0.39, 0.29) is 23.1 Å². The maximum absolute atomic E-state index is 13.8. The maximum atomic E-state index is 13.8. The summed E-state index contributed by atoms with van der Waals surface area (Å²) < 4.78 is 51.9. The Kier molecular flexibility index (Phi) is 4.95. The number of benzene rings is 2. The number of carbonyl (C=O) groups excluding carboxylic acids is 1. The third-order valence-electron chi connectivity index (χ3n) is 7.14. The first-order valence-corrected chi connectivity index (χ1v) is 10.8. The van der Waals surface area contributed by atoms with Crippen LogP contribution in [0, 0.1) is 17.2 Å². The highest BCUT2D eigenvalue weighted by molar-refractivity contribution is 5.95. The summed E-state index contributed by atoms with van der Waals surface area (Å²) in [5, 5.41) is 3.62. The van der Waals surface area contributed by atoms with Crippen molar-refractivity contribution in [2.24, 2.45) is 11.3 Å². The second-order valence-corrected chi connectivity index (χ2v) is 9.02. The van der Waals surface area contributed by atoms with E-state index in [1.165, 1.54) is 18.2 Å². The number of carbonyl (C=O) groups is 1. The van der Waals surface area contributed by atoms with Gasteiger partial charge in [-0.3, -0.25) is 9.78 Å². The summed E-state index contributed by atoms with van der Waals surface area (Å²) in [7, 11) is 0. The third-order valence-corrected chi connectivity index (χ3v) is 7.14. The number of alkyl halides is 3. The second-order valence-electron chi connectivity index (χ2n) is 9.02. The minimum atomic E-state index is -4.40. The number of anilines is 1. The molecule has 2 aromatic carbocycles. The Labute approximate surface area is 182 Å². The van der Waals surface area contributed by atoms with E-state index in [4.69, 9.17) is 0 Å². The molecule has 2 fully saturated rings. The van der Waals surface area contributed by atoms with Gasteiger partial charge >= 0.3 is 6.18 Å². The molecule has 0 radical (unpaired) electrons. The SMILES string of the molecule is O=C(Nc1ccc(C(F)(F)F)cc1)[C@H]1CC12CCC(c1ccnc3ccc(F)cc13)CC2. The first-order valence-electron chi connectivity index (χ1n) is 10.8. The third kappa shape index (κ3) is 3.85. The number of halogens is 4. The van der Waals surface area contributed by atoms with Crippen LogP contribution in [-0.2, 0) is 11.0 Å². The zero-order valence-electron chi connectivity index (χ0n) is 17.3. The summed E-state index contributed by atoms with van der Waals surface area (Å²) in [4.78, 5) is 17.0. The molecule has 3 aromatic rings. The molecule has 5 rings (SSSR count). The fraction of sp³-hybridized carbons (Fsp3) is 0.360. The van der Waals surface area contributed by atoms with Crippen LogP contribution in [0.15, 0.2) is 54.7 Å². The Morgan fingerprint density at radius 3 is 2.44 bits per heavy atom. The number of aromatic nitrogens is 1. The van der Waals surface area contributed by atoms with Crippen molar-refractivity contribution in [3.8, 4) is 0 Å². The van der Waals surface area contributed by atoms with Crippen LogP contribution in [0.4, 0.5) is 23.2 Å². The molecular formula is C25H22F4N2O. The summed E-state index contributed by atoms with van der Waals surface area (Å²) in [6, 6.07) is 11.2. The molecule has 3 nitrogen and oxygen atoms in total. The molecule has 0 saturated heterocycles. The average molecular weight is 442 g/mol. The summed E-state index contributed by atoms with van der Waals surface area (Å²) in [6.45, 7) is 0. The largest absolute Gasteiger partial charge is 0.416 e. The fourth-order valence-corrected chi connectivity index (χ4v) is 5.24. The van der Waals surface area contributed by atoms with Crippen LogP contribution in [0.2, 0.25) is 0 Å². The number of nitrogens with one attached hydrogen (secondary N) is 1. The van der Waals surface area contributed by atoms with E-state index in [1.807, 2.05) is 6.07 Å². The predicted octanol–water partition coefficient (Wildman–Crippen LogP) is 6.70. The molecule has 1 heterocycles. The van der Waals surface area contributed by atoms with E-state index in [0.717, 1.165) is 60.7 Å². The van der Waals surface area contributed by atoms with Gasteiger partial charge in [0.15, 0.2) is 0 Å². The normalized spacial score (nSPS) is 25.1. The predicted molar refractivity (Wildman–Crippen MR) is 114 cm³/mol. The van der Waals surface area contributed by atoms with Gasteiger partial charge in [0.05, 0.1) is 11.1 Å². The molecule has 7 heteroatoms. The Balaban J connectivity index is 1.23. The summed E-state index contributed by atoms with van der Waals surface area (Å²) in [5.41, 5.74) is 1.50. The van der Waals surface area contributed by atoms with Crippen molar-refractivity contribution in [1.82, 2.24) is 4.98 Å². The molecule has 32 heavy (non-hydrogen) atoms. The highest BCUT2D eigenvalue weighted by Gasteiger charge is 2.58.